The molecule has 26 heavy (non-hydrogen) atoms. The summed E-state index contributed by atoms with van der Waals surface area (Å²) in [4.78, 5) is 28.2. The van der Waals surface area contributed by atoms with Gasteiger partial charge in [0.05, 0.1) is 12.3 Å². The summed E-state index contributed by atoms with van der Waals surface area (Å²) < 4.78 is 31.3. The topological polar surface area (TPSA) is 65.8 Å². The van der Waals surface area contributed by atoms with E-state index in [1.165, 1.54) is 12.3 Å². The van der Waals surface area contributed by atoms with Crippen molar-refractivity contribution >= 4 is 17.5 Å². The predicted octanol–water partition coefficient (Wildman–Crippen LogP) is 2.34. The number of nitrogens with zero attached hydrogens (tertiary/aromatic N) is 2. The molecular weight excluding hydrogens is 344 g/mol. The molecule has 2 aromatic rings. The van der Waals surface area contributed by atoms with Gasteiger partial charge in [-0.15, -0.1) is 0 Å². The van der Waals surface area contributed by atoms with Gasteiger partial charge in [-0.3, -0.25) is 14.5 Å². The number of piperazine rings is 1. The van der Waals surface area contributed by atoms with Crippen LogP contribution in [0.5, 0.6) is 0 Å². The molecular formula is C18H19F2N3O3. The average Bonchev–Trinajstić information content (AvgIpc) is 3.18. The van der Waals surface area contributed by atoms with Crippen molar-refractivity contribution in [2.24, 2.45) is 0 Å². The molecule has 2 heterocycles. The van der Waals surface area contributed by atoms with Gasteiger partial charge in [-0.2, -0.15) is 0 Å². The summed E-state index contributed by atoms with van der Waals surface area (Å²) in [6.45, 7) is 3.74. The van der Waals surface area contributed by atoms with Crippen LogP contribution in [-0.2, 0) is 4.79 Å². The van der Waals surface area contributed by atoms with Crippen molar-refractivity contribution < 1.29 is 22.8 Å². The molecule has 6 nitrogen and oxygen atoms in total. The zero-order chi connectivity index (χ0) is 18.7. The first-order valence-corrected chi connectivity index (χ1v) is 8.28. The summed E-state index contributed by atoms with van der Waals surface area (Å²) in [6, 6.07) is 6.03. The highest BCUT2D eigenvalue weighted by Crippen LogP contribution is 2.15. The van der Waals surface area contributed by atoms with Crippen LogP contribution in [0.4, 0.5) is 14.5 Å². The first kappa shape index (κ1) is 18.1. The molecule has 0 saturated carbocycles. The number of nitrogens with one attached hydrogen (secondary N) is 1. The lowest BCUT2D eigenvalue weighted by atomic mass is 10.2. The van der Waals surface area contributed by atoms with Crippen molar-refractivity contribution in [1.29, 1.82) is 0 Å². The monoisotopic (exact) mass is 363 g/mol. The maximum absolute atomic E-state index is 13.2. The van der Waals surface area contributed by atoms with Gasteiger partial charge in [0.2, 0.25) is 5.91 Å². The van der Waals surface area contributed by atoms with Gasteiger partial charge in [0, 0.05) is 37.9 Å². The fourth-order valence-electron chi connectivity index (χ4n) is 2.85. The summed E-state index contributed by atoms with van der Waals surface area (Å²) in [6.07, 6.45) is 1.45. The minimum Gasteiger partial charge on any atom is -0.459 e. The van der Waals surface area contributed by atoms with Crippen LogP contribution in [0.25, 0.3) is 0 Å². The maximum atomic E-state index is 13.2. The van der Waals surface area contributed by atoms with E-state index in [-0.39, 0.29) is 17.5 Å². The Bertz CT molecular complexity index is 787. The molecule has 1 atom stereocenters. The molecule has 1 aliphatic heterocycles. The molecule has 138 valence electrons. The molecule has 2 amide bonds. The number of hydrogen-bond donors (Lipinski definition) is 1. The Labute approximate surface area is 149 Å². The first-order chi connectivity index (χ1) is 12.5. The van der Waals surface area contributed by atoms with Crippen LogP contribution in [0.3, 0.4) is 0 Å². The molecule has 0 aliphatic carbocycles. The van der Waals surface area contributed by atoms with Crippen LogP contribution in [0.15, 0.2) is 41.0 Å². The van der Waals surface area contributed by atoms with Crippen molar-refractivity contribution in [3.05, 3.63) is 54.0 Å². The van der Waals surface area contributed by atoms with Gasteiger partial charge in [0.25, 0.3) is 5.91 Å². The molecule has 1 aromatic carbocycles. The number of benzene rings is 1. The van der Waals surface area contributed by atoms with Crippen molar-refractivity contribution in [3.8, 4) is 0 Å². The number of hydrogen-bond acceptors (Lipinski definition) is 4. The van der Waals surface area contributed by atoms with E-state index in [1.807, 2.05) is 4.90 Å². The Kier molecular flexibility index (Phi) is 5.32. The molecule has 0 spiro atoms. The minimum absolute atomic E-state index is 0.173. The average molecular weight is 363 g/mol. The maximum Gasteiger partial charge on any atom is 0.289 e. The SMILES string of the molecule is C[C@@H](C(=O)Nc1ccc(F)c(F)c1)N1CCN(C(=O)c2ccco2)CC1. The highest BCUT2D eigenvalue weighted by atomic mass is 19.2. The number of furan rings is 1. The molecule has 0 radical (unpaired) electrons. The normalized spacial score (nSPS) is 16.3. The molecule has 1 aliphatic rings. The number of carbonyl (C=O) groups is 2. The van der Waals surface area contributed by atoms with Crippen LogP contribution < -0.4 is 5.32 Å². The summed E-state index contributed by atoms with van der Waals surface area (Å²) >= 11 is 0. The number of halogens is 2. The third-order valence-corrected chi connectivity index (χ3v) is 4.45. The van der Waals surface area contributed by atoms with Crippen molar-refractivity contribution in [2.45, 2.75) is 13.0 Å². The van der Waals surface area contributed by atoms with Crippen molar-refractivity contribution in [1.82, 2.24) is 9.80 Å². The zero-order valence-corrected chi connectivity index (χ0v) is 14.2. The number of anilines is 1. The van der Waals surface area contributed by atoms with Crippen LogP contribution in [0.1, 0.15) is 17.5 Å². The van der Waals surface area contributed by atoms with Gasteiger partial charge in [-0.25, -0.2) is 8.78 Å². The molecule has 0 bridgehead atoms. The minimum atomic E-state index is -1.01. The number of rotatable bonds is 4. The van der Waals surface area contributed by atoms with Crippen molar-refractivity contribution in [2.75, 3.05) is 31.5 Å². The second kappa shape index (κ2) is 7.65. The van der Waals surface area contributed by atoms with Gasteiger partial charge < -0.3 is 14.6 Å². The molecule has 1 N–H and O–H groups in total. The van der Waals surface area contributed by atoms with Crippen LogP contribution in [0, 0.1) is 11.6 Å². The zero-order valence-electron chi connectivity index (χ0n) is 14.2. The fraction of sp³-hybridized carbons (Fsp3) is 0.333. The second-order valence-electron chi connectivity index (χ2n) is 6.10. The summed E-state index contributed by atoms with van der Waals surface area (Å²) in [5.41, 5.74) is 0.201. The quantitative estimate of drug-likeness (QED) is 0.906. The molecule has 1 fully saturated rings. The Morgan fingerprint density at radius 3 is 2.46 bits per heavy atom. The van der Waals surface area contributed by atoms with E-state index in [0.717, 1.165) is 12.1 Å². The van der Waals surface area contributed by atoms with Crippen LogP contribution in [0.2, 0.25) is 0 Å². The van der Waals surface area contributed by atoms with E-state index in [1.54, 1.807) is 24.0 Å². The third kappa shape index (κ3) is 3.91. The lowest BCUT2D eigenvalue weighted by Gasteiger charge is -2.37. The van der Waals surface area contributed by atoms with E-state index >= 15 is 0 Å². The highest BCUT2D eigenvalue weighted by Gasteiger charge is 2.28. The largest absolute Gasteiger partial charge is 0.459 e. The Morgan fingerprint density at radius 1 is 1.12 bits per heavy atom. The third-order valence-electron chi connectivity index (χ3n) is 4.45. The predicted molar refractivity (Wildman–Crippen MR) is 90.6 cm³/mol. The Morgan fingerprint density at radius 2 is 1.85 bits per heavy atom. The summed E-state index contributed by atoms with van der Waals surface area (Å²) in [5, 5.41) is 2.58. The Hall–Kier alpha value is -2.74. The lowest BCUT2D eigenvalue weighted by Crippen LogP contribution is -2.54. The number of carbonyl (C=O) groups excluding carboxylic acids is 2. The molecule has 8 heteroatoms. The van der Waals surface area contributed by atoms with Gasteiger partial charge in [0.1, 0.15) is 0 Å². The standard InChI is InChI=1S/C18H19F2N3O3/c1-12(17(24)21-13-4-5-14(19)15(20)11-13)22-6-8-23(9-7-22)18(25)16-3-2-10-26-16/h2-5,10-12H,6-9H2,1H3,(H,21,24)/t12-/m0/s1. The molecule has 1 saturated heterocycles. The van der Waals surface area contributed by atoms with Crippen LogP contribution in [-0.4, -0.2) is 53.8 Å². The Balaban J connectivity index is 1.54. The smallest absolute Gasteiger partial charge is 0.289 e. The van der Waals surface area contributed by atoms with E-state index in [2.05, 4.69) is 5.32 Å². The van der Waals surface area contributed by atoms with Gasteiger partial charge in [0.15, 0.2) is 17.4 Å². The first-order valence-electron chi connectivity index (χ1n) is 8.28. The second-order valence-corrected chi connectivity index (χ2v) is 6.10. The molecule has 1 aromatic heterocycles. The number of amides is 2. The lowest BCUT2D eigenvalue weighted by molar-refractivity contribution is -0.121. The van der Waals surface area contributed by atoms with Gasteiger partial charge >= 0.3 is 0 Å². The van der Waals surface area contributed by atoms with E-state index in [4.69, 9.17) is 4.42 Å². The van der Waals surface area contributed by atoms with E-state index in [0.29, 0.717) is 31.9 Å². The van der Waals surface area contributed by atoms with Gasteiger partial charge in [-0.05, 0) is 31.2 Å². The van der Waals surface area contributed by atoms with E-state index in [9.17, 15) is 18.4 Å². The summed E-state index contributed by atoms with van der Waals surface area (Å²) in [5.74, 6) is -2.17. The molecule has 0 unspecified atom stereocenters. The van der Waals surface area contributed by atoms with Crippen LogP contribution >= 0.6 is 0 Å². The summed E-state index contributed by atoms with van der Waals surface area (Å²) in [7, 11) is 0. The fourth-order valence-corrected chi connectivity index (χ4v) is 2.85. The highest BCUT2D eigenvalue weighted by molar-refractivity contribution is 5.94. The van der Waals surface area contributed by atoms with Crippen molar-refractivity contribution in [3.63, 3.8) is 0 Å². The molecule has 3 rings (SSSR count). The van der Waals surface area contributed by atoms with E-state index < -0.39 is 17.7 Å². The van der Waals surface area contributed by atoms with Gasteiger partial charge in [-0.1, -0.05) is 0 Å².